The van der Waals surface area contributed by atoms with Gasteiger partial charge in [-0.2, -0.15) is 0 Å². The summed E-state index contributed by atoms with van der Waals surface area (Å²) in [5, 5.41) is 0.325. The molecule has 94 valence electrons. The number of ether oxygens (including phenoxy) is 1. The third-order valence-corrected chi connectivity index (χ3v) is 9.21. The van der Waals surface area contributed by atoms with Gasteiger partial charge in [-0.15, -0.1) is 0 Å². The average molecular weight is 242 g/mol. The first kappa shape index (κ1) is 12.6. The minimum atomic E-state index is -1.57. The lowest BCUT2D eigenvalue weighted by atomic mass is 10.1. The van der Waals surface area contributed by atoms with Gasteiger partial charge in [-0.1, -0.05) is 20.8 Å². The van der Waals surface area contributed by atoms with Crippen LogP contribution >= 0.6 is 0 Å². The monoisotopic (exact) mass is 242 g/mol. The van der Waals surface area contributed by atoms with Crippen molar-refractivity contribution in [3.63, 3.8) is 0 Å². The van der Waals surface area contributed by atoms with Gasteiger partial charge in [-0.3, -0.25) is 0 Å². The van der Waals surface area contributed by atoms with Crippen molar-refractivity contribution in [1.82, 2.24) is 0 Å². The second kappa shape index (κ2) is 4.11. The second-order valence-corrected chi connectivity index (χ2v) is 11.7. The Hall–Kier alpha value is 0.137. The summed E-state index contributed by atoms with van der Waals surface area (Å²) >= 11 is 0. The first-order chi connectivity index (χ1) is 7.29. The van der Waals surface area contributed by atoms with Crippen molar-refractivity contribution in [2.75, 3.05) is 6.61 Å². The Morgan fingerprint density at radius 3 is 2.44 bits per heavy atom. The average Bonchev–Trinajstić information content (AvgIpc) is 2.59. The van der Waals surface area contributed by atoms with E-state index < -0.39 is 8.32 Å². The van der Waals surface area contributed by atoms with Gasteiger partial charge in [0.1, 0.15) is 0 Å². The summed E-state index contributed by atoms with van der Waals surface area (Å²) in [6, 6.07) is 0. The van der Waals surface area contributed by atoms with E-state index in [-0.39, 0.29) is 0 Å². The van der Waals surface area contributed by atoms with E-state index in [9.17, 15) is 0 Å². The summed E-state index contributed by atoms with van der Waals surface area (Å²) in [7, 11) is -1.57. The van der Waals surface area contributed by atoms with E-state index in [0.29, 0.717) is 17.2 Å². The normalized spacial score (nSPS) is 35.4. The summed E-state index contributed by atoms with van der Waals surface area (Å²) in [5.74, 6) is 0.787. The van der Waals surface area contributed by atoms with Crippen LogP contribution in [0.15, 0.2) is 0 Å². The summed E-state index contributed by atoms with van der Waals surface area (Å²) in [6.45, 7) is 12.6. The number of fused-ring (bicyclic) bond motifs is 1. The van der Waals surface area contributed by atoms with Crippen molar-refractivity contribution in [2.24, 2.45) is 5.92 Å². The molecule has 0 aromatic rings. The number of rotatable bonds is 2. The van der Waals surface area contributed by atoms with Crippen LogP contribution in [0.4, 0.5) is 0 Å². The first-order valence-corrected chi connectivity index (χ1v) is 9.50. The molecule has 2 nitrogen and oxygen atoms in total. The fourth-order valence-corrected chi connectivity index (χ4v) is 3.98. The standard InChI is InChI=1S/C13H26O2Si/c1-13(2,3)16(4,5)15-11-8-10-6-7-14-12(10)9-11/h10-12H,6-9H2,1-5H3/t10-,11+,12+/m0/s1. The van der Waals surface area contributed by atoms with Gasteiger partial charge in [0.05, 0.1) is 6.10 Å². The van der Waals surface area contributed by atoms with Crippen molar-refractivity contribution >= 4 is 8.32 Å². The molecule has 3 heteroatoms. The molecule has 0 bridgehead atoms. The molecule has 2 rings (SSSR count). The van der Waals surface area contributed by atoms with Crippen LogP contribution < -0.4 is 0 Å². The van der Waals surface area contributed by atoms with Crippen molar-refractivity contribution in [1.29, 1.82) is 0 Å². The molecule has 0 N–H and O–H groups in total. The predicted molar refractivity (Wildman–Crippen MR) is 69.2 cm³/mol. The van der Waals surface area contributed by atoms with E-state index in [1.807, 2.05) is 0 Å². The Kier molecular flexibility index (Phi) is 3.23. The molecule has 0 radical (unpaired) electrons. The highest BCUT2D eigenvalue weighted by Crippen LogP contribution is 2.43. The Bertz CT molecular complexity index is 245. The van der Waals surface area contributed by atoms with Gasteiger partial charge < -0.3 is 9.16 Å². The van der Waals surface area contributed by atoms with Crippen LogP contribution in [0.2, 0.25) is 18.1 Å². The van der Waals surface area contributed by atoms with Crippen LogP contribution in [-0.4, -0.2) is 27.1 Å². The predicted octanol–water partition coefficient (Wildman–Crippen LogP) is 3.58. The van der Waals surface area contributed by atoms with E-state index in [2.05, 4.69) is 33.9 Å². The van der Waals surface area contributed by atoms with Crippen LogP contribution in [0.3, 0.4) is 0 Å². The molecule has 2 fully saturated rings. The van der Waals surface area contributed by atoms with Gasteiger partial charge in [0.25, 0.3) is 0 Å². The Balaban J connectivity index is 1.92. The van der Waals surface area contributed by atoms with Crippen LogP contribution in [0, 0.1) is 5.92 Å². The molecule has 1 saturated heterocycles. The van der Waals surface area contributed by atoms with Crippen molar-refractivity contribution in [2.45, 2.75) is 70.4 Å². The molecule has 1 aliphatic heterocycles. The second-order valence-electron chi connectivity index (χ2n) is 6.93. The number of hydrogen-bond acceptors (Lipinski definition) is 2. The zero-order chi connectivity index (χ0) is 12.0. The molecular weight excluding hydrogens is 216 g/mol. The summed E-state index contributed by atoms with van der Waals surface area (Å²) in [5.41, 5.74) is 0. The topological polar surface area (TPSA) is 18.5 Å². The number of hydrogen-bond donors (Lipinski definition) is 0. The smallest absolute Gasteiger partial charge is 0.192 e. The molecule has 0 aromatic carbocycles. The van der Waals surface area contributed by atoms with Gasteiger partial charge in [0.2, 0.25) is 0 Å². The van der Waals surface area contributed by atoms with Gasteiger partial charge in [0, 0.05) is 12.7 Å². The first-order valence-electron chi connectivity index (χ1n) is 6.59. The highest BCUT2D eigenvalue weighted by Gasteiger charge is 2.44. The maximum Gasteiger partial charge on any atom is 0.192 e. The van der Waals surface area contributed by atoms with E-state index in [1.165, 1.54) is 12.8 Å². The highest BCUT2D eigenvalue weighted by atomic mass is 28.4. The molecule has 0 spiro atoms. The van der Waals surface area contributed by atoms with Crippen molar-refractivity contribution < 1.29 is 9.16 Å². The molecule has 2 aliphatic rings. The van der Waals surface area contributed by atoms with Gasteiger partial charge in [-0.05, 0) is 43.3 Å². The van der Waals surface area contributed by atoms with Gasteiger partial charge in [0.15, 0.2) is 8.32 Å². The zero-order valence-electron chi connectivity index (χ0n) is 11.4. The Morgan fingerprint density at radius 2 is 1.88 bits per heavy atom. The van der Waals surface area contributed by atoms with Crippen molar-refractivity contribution in [3.05, 3.63) is 0 Å². The Morgan fingerprint density at radius 1 is 1.19 bits per heavy atom. The van der Waals surface area contributed by atoms with E-state index in [0.717, 1.165) is 18.9 Å². The third kappa shape index (κ3) is 2.36. The highest BCUT2D eigenvalue weighted by molar-refractivity contribution is 6.74. The lowest BCUT2D eigenvalue weighted by molar-refractivity contribution is 0.0844. The molecule has 0 aromatic heterocycles. The zero-order valence-corrected chi connectivity index (χ0v) is 12.4. The van der Waals surface area contributed by atoms with Crippen LogP contribution in [0.1, 0.15) is 40.0 Å². The molecule has 0 unspecified atom stereocenters. The van der Waals surface area contributed by atoms with Crippen LogP contribution in [-0.2, 0) is 9.16 Å². The maximum atomic E-state index is 6.46. The molecule has 1 aliphatic carbocycles. The fourth-order valence-electron chi connectivity index (χ4n) is 2.61. The van der Waals surface area contributed by atoms with E-state index in [4.69, 9.17) is 9.16 Å². The molecule has 0 amide bonds. The third-order valence-electron chi connectivity index (χ3n) is 4.67. The van der Waals surface area contributed by atoms with Crippen molar-refractivity contribution in [3.8, 4) is 0 Å². The van der Waals surface area contributed by atoms with Gasteiger partial charge >= 0.3 is 0 Å². The lowest BCUT2D eigenvalue weighted by Crippen LogP contribution is -2.43. The van der Waals surface area contributed by atoms with Crippen LogP contribution in [0.25, 0.3) is 0 Å². The summed E-state index contributed by atoms with van der Waals surface area (Å²) in [6.07, 6.45) is 4.60. The van der Waals surface area contributed by atoms with Crippen LogP contribution in [0.5, 0.6) is 0 Å². The van der Waals surface area contributed by atoms with E-state index in [1.54, 1.807) is 0 Å². The molecule has 16 heavy (non-hydrogen) atoms. The van der Waals surface area contributed by atoms with Gasteiger partial charge in [-0.25, -0.2) is 0 Å². The molecular formula is C13H26O2Si. The fraction of sp³-hybridized carbons (Fsp3) is 1.00. The van der Waals surface area contributed by atoms with E-state index >= 15 is 0 Å². The summed E-state index contributed by atoms with van der Waals surface area (Å²) < 4.78 is 12.2. The quantitative estimate of drug-likeness (QED) is 0.689. The molecule has 3 atom stereocenters. The molecule has 1 heterocycles. The largest absolute Gasteiger partial charge is 0.414 e. The minimum Gasteiger partial charge on any atom is -0.414 e. The minimum absolute atomic E-state index is 0.325. The molecule has 1 saturated carbocycles. The SMILES string of the molecule is CC(C)(C)[Si](C)(C)O[C@@H]1C[C@@H]2CCO[C@@H]2C1. The Labute approximate surface area is 101 Å². The lowest BCUT2D eigenvalue weighted by Gasteiger charge is -2.38. The summed E-state index contributed by atoms with van der Waals surface area (Å²) in [4.78, 5) is 0. The maximum absolute atomic E-state index is 6.46.